The number of anilines is 1. The summed E-state index contributed by atoms with van der Waals surface area (Å²) >= 11 is 0. The van der Waals surface area contributed by atoms with Gasteiger partial charge in [0.25, 0.3) is 0 Å². The van der Waals surface area contributed by atoms with Gasteiger partial charge in [-0.15, -0.1) is 0 Å². The normalized spacial score (nSPS) is 17.6. The fourth-order valence-electron chi connectivity index (χ4n) is 2.68. The van der Waals surface area contributed by atoms with Crippen molar-refractivity contribution in [2.45, 2.75) is 38.4 Å². The summed E-state index contributed by atoms with van der Waals surface area (Å²) in [6.45, 7) is 4.17. The summed E-state index contributed by atoms with van der Waals surface area (Å²) in [5.74, 6) is 0. The minimum Gasteiger partial charge on any atom is -0.380 e. The van der Waals surface area contributed by atoms with Crippen LogP contribution in [-0.4, -0.2) is 10.5 Å². The molecule has 0 saturated carbocycles. The number of pyridine rings is 1. The fraction of sp³-hybridized carbons (Fsp3) is 0.400. The van der Waals surface area contributed by atoms with Crippen LogP contribution in [0.15, 0.2) is 24.4 Å². The van der Waals surface area contributed by atoms with Crippen LogP contribution in [0.3, 0.4) is 0 Å². The van der Waals surface area contributed by atoms with Crippen LogP contribution in [0, 0.1) is 0 Å². The van der Waals surface area contributed by atoms with E-state index >= 15 is 0 Å². The second-order valence-corrected chi connectivity index (χ2v) is 5.89. The summed E-state index contributed by atoms with van der Waals surface area (Å²) < 4.78 is 39.1. The molecule has 2 nitrogen and oxygen atoms in total. The fourth-order valence-corrected chi connectivity index (χ4v) is 2.68. The molecule has 1 aromatic heterocycles. The Bertz CT molecular complexity index is 675. The highest BCUT2D eigenvalue weighted by atomic mass is 19.4. The Labute approximate surface area is 115 Å². The van der Waals surface area contributed by atoms with E-state index in [9.17, 15) is 13.2 Å². The minimum absolute atomic E-state index is 0.0394. The molecular weight excluding hydrogens is 265 g/mol. The molecule has 0 aliphatic carbocycles. The second-order valence-electron chi connectivity index (χ2n) is 5.89. The van der Waals surface area contributed by atoms with Crippen LogP contribution >= 0.6 is 0 Å². The van der Waals surface area contributed by atoms with Crippen molar-refractivity contribution >= 4 is 16.6 Å². The number of rotatable bonds is 0. The van der Waals surface area contributed by atoms with Gasteiger partial charge < -0.3 is 5.32 Å². The summed E-state index contributed by atoms with van der Waals surface area (Å²) in [6, 6.07) is 4.39. The highest BCUT2D eigenvalue weighted by Gasteiger charge is 2.33. The molecule has 0 radical (unpaired) electrons. The number of nitrogens with zero attached hydrogens (tertiary/aromatic N) is 1. The highest BCUT2D eigenvalue weighted by Crippen LogP contribution is 2.38. The number of benzene rings is 1. The first kappa shape index (κ1) is 13.2. The van der Waals surface area contributed by atoms with E-state index in [-0.39, 0.29) is 10.9 Å². The maximum absolute atomic E-state index is 13.0. The topological polar surface area (TPSA) is 24.9 Å². The number of hydrogen-bond donors (Lipinski definition) is 1. The van der Waals surface area contributed by atoms with E-state index in [0.717, 1.165) is 30.2 Å². The van der Waals surface area contributed by atoms with Crippen molar-refractivity contribution in [3.63, 3.8) is 0 Å². The van der Waals surface area contributed by atoms with Gasteiger partial charge in [0.15, 0.2) is 0 Å². The van der Waals surface area contributed by atoms with Gasteiger partial charge in [-0.05, 0) is 50.5 Å². The Morgan fingerprint density at radius 1 is 1.25 bits per heavy atom. The molecule has 0 bridgehead atoms. The molecule has 106 valence electrons. The molecule has 2 aromatic rings. The van der Waals surface area contributed by atoms with E-state index in [1.54, 1.807) is 12.1 Å². The number of alkyl halides is 3. The number of nitrogens with one attached hydrogen (secondary N) is 1. The molecule has 1 aliphatic heterocycles. The minimum atomic E-state index is -4.35. The first-order valence-electron chi connectivity index (χ1n) is 6.53. The Morgan fingerprint density at radius 3 is 2.70 bits per heavy atom. The third-order valence-electron chi connectivity index (χ3n) is 3.76. The van der Waals surface area contributed by atoms with Crippen LogP contribution in [0.5, 0.6) is 0 Å². The third-order valence-corrected chi connectivity index (χ3v) is 3.76. The zero-order valence-electron chi connectivity index (χ0n) is 11.3. The molecule has 0 spiro atoms. The van der Waals surface area contributed by atoms with Gasteiger partial charge in [0.2, 0.25) is 0 Å². The number of aryl methyl sites for hydroxylation is 1. The lowest BCUT2D eigenvalue weighted by atomic mass is 9.88. The first-order chi connectivity index (χ1) is 9.26. The van der Waals surface area contributed by atoms with Gasteiger partial charge in [-0.25, -0.2) is 0 Å². The monoisotopic (exact) mass is 280 g/mol. The molecule has 0 amide bonds. The van der Waals surface area contributed by atoms with Crippen molar-refractivity contribution in [2.24, 2.45) is 0 Å². The van der Waals surface area contributed by atoms with E-state index in [2.05, 4.69) is 24.1 Å². The van der Waals surface area contributed by atoms with E-state index in [0.29, 0.717) is 5.52 Å². The van der Waals surface area contributed by atoms with Crippen molar-refractivity contribution < 1.29 is 13.2 Å². The first-order valence-corrected chi connectivity index (χ1v) is 6.53. The van der Waals surface area contributed by atoms with Gasteiger partial charge in [-0.1, -0.05) is 0 Å². The summed E-state index contributed by atoms with van der Waals surface area (Å²) in [7, 11) is 0. The number of halogens is 3. The molecule has 1 aromatic carbocycles. The van der Waals surface area contributed by atoms with Crippen LogP contribution in [0.2, 0.25) is 0 Å². The number of hydrogen-bond acceptors (Lipinski definition) is 2. The third kappa shape index (κ3) is 2.21. The Balaban J connectivity index is 2.21. The molecule has 1 N–H and O–H groups in total. The molecule has 0 atom stereocenters. The molecule has 5 heteroatoms. The quantitative estimate of drug-likeness (QED) is 0.774. The van der Waals surface area contributed by atoms with E-state index in [1.165, 1.54) is 6.20 Å². The van der Waals surface area contributed by atoms with Crippen LogP contribution < -0.4 is 5.32 Å². The molecule has 2 heterocycles. The Kier molecular flexibility index (Phi) is 2.71. The van der Waals surface area contributed by atoms with Crippen LogP contribution in [0.25, 0.3) is 10.9 Å². The molecule has 0 fully saturated rings. The zero-order chi connectivity index (χ0) is 14.5. The van der Waals surface area contributed by atoms with E-state index in [1.807, 2.05) is 0 Å². The molecule has 0 saturated heterocycles. The maximum Gasteiger partial charge on any atom is 0.417 e. The number of aromatic nitrogens is 1. The standard InChI is InChI=1S/C15H15F3N2/c1-14(2)5-3-9-7-10-11(15(16,17)18)4-6-19-13(10)8-12(9)20-14/h4,6-8,20H,3,5H2,1-2H3. The number of fused-ring (bicyclic) bond motifs is 2. The second kappa shape index (κ2) is 4.11. The lowest BCUT2D eigenvalue weighted by Gasteiger charge is -2.34. The molecule has 3 rings (SSSR count). The average molecular weight is 280 g/mol. The summed E-state index contributed by atoms with van der Waals surface area (Å²) in [5.41, 5.74) is 1.54. The lowest BCUT2D eigenvalue weighted by molar-refractivity contribution is -0.136. The van der Waals surface area contributed by atoms with Gasteiger partial charge in [0.05, 0.1) is 11.1 Å². The summed E-state index contributed by atoms with van der Waals surface area (Å²) in [5, 5.41) is 3.55. The molecule has 1 aliphatic rings. The van der Waals surface area contributed by atoms with E-state index < -0.39 is 11.7 Å². The predicted molar refractivity (Wildman–Crippen MR) is 72.8 cm³/mol. The van der Waals surface area contributed by atoms with Crippen molar-refractivity contribution in [3.8, 4) is 0 Å². The van der Waals surface area contributed by atoms with Crippen molar-refractivity contribution in [1.29, 1.82) is 0 Å². The molecule has 20 heavy (non-hydrogen) atoms. The van der Waals surface area contributed by atoms with Gasteiger partial charge in [0.1, 0.15) is 0 Å². The van der Waals surface area contributed by atoms with Crippen LogP contribution in [0.4, 0.5) is 18.9 Å². The Hall–Kier alpha value is -1.78. The molecule has 0 unspecified atom stereocenters. The predicted octanol–water partition coefficient (Wildman–Crippen LogP) is 4.39. The average Bonchev–Trinajstić information content (AvgIpc) is 2.33. The van der Waals surface area contributed by atoms with Crippen molar-refractivity contribution in [1.82, 2.24) is 4.98 Å². The van der Waals surface area contributed by atoms with Crippen molar-refractivity contribution in [2.75, 3.05) is 5.32 Å². The zero-order valence-corrected chi connectivity index (χ0v) is 11.3. The molecular formula is C15H15F3N2. The van der Waals surface area contributed by atoms with Crippen LogP contribution in [-0.2, 0) is 12.6 Å². The summed E-state index contributed by atoms with van der Waals surface area (Å²) in [4.78, 5) is 4.07. The Morgan fingerprint density at radius 2 is 2.00 bits per heavy atom. The van der Waals surface area contributed by atoms with Crippen molar-refractivity contribution in [3.05, 3.63) is 35.5 Å². The van der Waals surface area contributed by atoms with Gasteiger partial charge >= 0.3 is 6.18 Å². The smallest absolute Gasteiger partial charge is 0.380 e. The van der Waals surface area contributed by atoms with Gasteiger partial charge in [-0.3, -0.25) is 4.98 Å². The van der Waals surface area contributed by atoms with Crippen LogP contribution in [0.1, 0.15) is 31.4 Å². The summed E-state index contributed by atoms with van der Waals surface area (Å²) in [6.07, 6.45) is -1.47. The van der Waals surface area contributed by atoms with Gasteiger partial charge in [-0.2, -0.15) is 13.2 Å². The highest BCUT2D eigenvalue weighted by molar-refractivity contribution is 5.87. The lowest BCUT2D eigenvalue weighted by Crippen LogP contribution is -2.35. The van der Waals surface area contributed by atoms with E-state index in [4.69, 9.17) is 0 Å². The maximum atomic E-state index is 13.0. The van der Waals surface area contributed by atoms with Gasteiger partial charge in [0, 0.05) is 22.8 Å². The SMILES string of the molecule is CC1(C)CCc2cc3c(C(F)(F)F)ccnc3cc2N1. The largest absolute Gasteiger partial charge is 0.417 e.